The van der Waals surface area contributed by atoms with E-state index in [1.807, 2.05) is 25.1 Å². The molecule has 192 valence electrons. The number of esters is 1. The minimum absolute atomic E-state index is 0.0522. The maximum absolute atomic E-state index is 13.4. The highest BCUT2D eigenvalue weighted by Crippen LogP contribution is 2.67. The second-order valence-corrected chi connectivity index (χ2v) is 11.7. The lowest BCUT2D eigenvalue weighted by atomic mass is 9.44. The molecule has 3 aliphatic rings. The smallest absolute Gasteiger partial charge is 0.344 e. The van der Waals surface area contributed by atoms with Crippen LogP contribution in [0, 0.1) is 34.0 Å². The van der Waals surface area contributed by atoms with Crippen LogP contribution in [0.4, 0.5) is 0 Å². The van der Waals surface area contributed by atoms with Gasteiger partial charge in [0.15, 0.2) is 6.61 Å². The summed E-state index contributed by atoms with van der Waals surface area (Å²) in [7, 11) is 0. The number of benzene rings is 1. The molecule has 0 radical (unpaired) electrons. The fraction of sp³-hybridized carbons (Fsp3) is 0.655. The van der Waals surface area contributed by atoms with Crippen molar-refractivity contribution in [3.8, 4) is 5.75 Å². The van der Waals surface area contributed by atoms with Gasteiger partial charge in [0.1, 0.15) is 17.6 Å². The van der Waals surface area contributed by atoms with Crippen molar-refractivity contribution < 1.29 is 24.2 Å². The van der Waals surface area contributed by atoms with E-state index >= 15 is 0 Å². The molecule has 3 saturated carbocycles. The summed E-state index contributed by atoms with van der Waals surface area (Å²) in [5, 5.41) is 11.6. The van der Waals surface area contributed by atoms with Gasteiger partial charge in [0, 0.05) is 29.7 Å². The van der Waals surface area contributed by atoms with Crippen LogP contribution in [0.15, 0.2) is 36.9 Å². The number of ether oxygens (including phenoxy) is 2. The lowest BCUT2D eigenvalue weighted by Gasteiger charge is -2.61. The summed E-state index contributed by atoms with van der Waals surface area (Å²) in [5.74, 6) is 0.235. The van der Waals surface area contributed by atoms with Crippen LogP contribution >= 0.6 is 0 Å². The normalized spacial score (nSPS) is 40.9. The summed E-state index contributed by atoms with van der Waals surface area (Å²) < 4.78 is 11.9. The third kappa shape index (κ3) is 4.13. The van der Waals surface area contributed by atoms with Crippen molar-refractivity contribution in [2.75, 3.05) is 6.61 Å². The van der Waals surface area contributed by atoms with Crippen molar-refractivity contribution in [2.24, 2.45) is 39.7 Å². The number of carbonyl (C=O) groups excluding carboxylic acids is 2. The molecule has 0 heterocycles. The highest BCUT2D eigenvalue weighted by atomic mass is 16.6. The first-order valence-corrected chi connectivity index (χ1v) is 13.0. The lowest BCUT2D eigenvalue weighted by molar-refractivity contribution is -0.207. The van der Waals surface area contributed by atoms with E-state index in [4.69, 9.17) is 15.2 Å². The molecule has 6 heteroatoms. The highest BCUT2D eigenvalue weighted by Gasteiger charge is 2.68. The van der Waals surface area contributed by atoms with E-state index < -0.39 is 29.0 Å². The SMILES string of the molecule is C=C[C@]1(C)C[C@@H](OC(=O)COc2cccc(CN)c2)[C@]2(C)C(C)CCC3(CCC(=O)C32)[C@@H](C)[C@@H]1O. The fourth-order valence-corrected chi connectivity index (χ4v) is 7.60. The van der Waals surface area contributed by atoms with Gasteiger partial charge in [-0.25, -0.2) is 4.79 Å². The van der Waals surface area contributed by atoms with Crippen LogP contribution < -0.4 is 10.5 Å². The molecule has 3 unspecified atom stereocenters. The summed E-state index contributed by atoms with van der Waals surface area (Å²) in [6.45, 7) is 12.6. The number of rotatable bonds is 6. The number of Topliss-reactive ketones (excluding diaryl/α,β-unsaturated/α-hetero) is 1. The predicted molar refractivity (Wildman–Crippen MR) is 134 cm³/mol. The van der Waals surface area contributed by atoms with Gasteiger partial charge in [0.25, 0.3) is 0 Å². The second kappa shape index (κ2) is 9.36. The van der Waals surface area contributed by atoms with Crippen LogP contribution in [0.5, 0.6) is 5.75 Å². The molecule has 2 bridgehead atoms. The Bertz CT molecular complexity index is 993. The summed E-state index contributed by atoms with van der Waals surface area (Å²) in [5.41, 5.74) is 5.16. The molecule has 3 N–H and O–H groups in total. The van der Waals surface area contributed by atoms with E-state index in [1.54, 1.807) is 12.1 Å². The van der Waals surface area contributed by atoms with Gasteiger partial charge in [0.05, 0.1) is 6.10 Å². The number of ketones is 1. The Labute approximate surface area is 209 Å². The van der Waals surface area contributed by atoms with Gasteiger partial charge in [-0.1, -0.05) is 45.9 Å². The van der Waals surface area contributed by atoms with Gasteiger partial charge in [-0.2, -0.15) is 0 Å². The number of hydrogen-bond donors (Lipinski definition) is 2. The molecule has 1 aromatic rings. The van der Waals surface area contributed by atoms with Crippen LogP contribution in [0.25, 0.3) is 0 Å². The third-order valence-electron chi connectivity index (χ3n) is 10.1. The minimum Gasteiger partial charge on any atom is -0.482 e. The van der Waals surface area contributed by atoms with Gasteiger partial charge in [-0.3, -0.25) is 4.79 Å². The van der Waals surface area contributed by atoms with Crippen molar-refractivity contribution >= 4 is 11.8 Å². The van der Waals surface area contributed by atoms with Crippen molar-refractivity contribution in [1.82, 2.24) is 0 Å². The maximum atomic E-state index is 13.4. The zero-order chi connectivity index (χ0) is 25.6. The second-order valence-electron chi connectivity index (χ2n) is 11.7. The molecule has 6 nitrogen and oxygen atoms in total. The Hall–Kier alpha value is -2.18. The molecule has 0 spiro atoms. The Morgan fingerprint density at radius 3 is 2.71 bits per heavy atom. The average Bonchev–Trinajstić information content (AvgIpc) is 3.21. The van der Waals surface area contributed by atoms with Gasteiger partial charge in [0.2, 0.25) is 0 Å². The van der Waals surface area contributed by atoms with Crippen LogP contribution in [0.1, 0.15) is 65.4 Å². The standard InChI is InChI=1S/C29H41NO5/c1-6-27(4)15-23(35-24(32)17-34-21-9-7-8-20(14-21)16-30)28(5)18(2)10-12-29(19(3)26(27)33)13-11-22(31)25(28)29/h6-9,14,18-19,23,25-26,33H,1,10-13,15-17,30H2,2-5H3/t18?,19-,23+,25?,26-,27+,28-,29?/m0/s1. The number of aliphatic hydroxyl groups is 1. The highest BCUT2D eigenvalue weighted by molar-refractivity contribution is 5.85. The molecular weight excluding hydrogens is 442 g/mol. The molecule has 3 aliphatic carbocycles. The number of hydrogen-bond acceptors (Lipinski definition) is 6. The van der Waals surface area contributed by atoms with Crippen molar-refractivity contribution in [1.29, 1.82) is 0 Å². The Kier molecular flexibility index (Phi) is 6.93. The largest absolute Gasteiger partial charge is 0.482 e. The van der Waals surface area contributed by atoms with E-state index in [-0.39, 0.29) is 35.6 Å². The number of nitrogens with two attached hydrogens (primary N) is 1. The molecule has 0 saturated heterocycles. The minimum atomic E-state index is -0.678. The first-order chi connectivity index (χ1) is 16.5. The molecule has 1 aromatic carbocycles. The number of aliphatic hydroxyl groups excluding tert-OH is 1. The summed E-state index contributed by atoms with van der Waals surface area (Å²) in [6, 6.07) is 7.33. The Morgan fingerprint density at radius 1 is 1.29 bits per heavy atom. The first kappa shape index (κ1) is 25.9. The summed E-state index contributed by atoms with van der Waals surface area (Å²) in [6.07, 6.45) is 4.16. The average molecular weight is 484 g/mol. The fourth-order valence-electron chi connectivity index (χ4n) is 7.60. The zero-order valence-electron chi connectivity index (χ0n) is 21.6. The zero-order valence-corrected chi connectivity index (χ0v) is 21.6. The predicted octanol–water partition coefficient (Wildman–Crippen LogP) is 4.43. The first-order valence-electron chi connectivity index (χ1n) is 13.0. The van der Waals surface area contributed by atoms with Crippen LogP contribution in [0.3, 0.4) is 0 Å². The monoisotopic (exact) mass is 483 g/mol. The maximum Gasteiger partial charge on any atom is 0.344 e. The molecule has 3 fully saturated rings. The Balaban J connectivity index is 1.66. The van der Waals surface area contributed by atoms with Crippen molar-refractivity contribution in [3.63, 3.8) is 0 Å². The molecule has 0 aromatic heterocycles. The van der Waals surface area contributed by atoms with Crippen LogP contribution in [-0.2, 0) is 20.9 Å². The Morgan fingerprint density at radius 2 is 2.03 bits per heavy atom. The quantitative estimate of drug-likeness (QED) is 0.459. The van der Waals surface area contributed by atoms with Gasteiger partial charge in [-0.15, -0.1) is 6.58 Å². The van der Waals surface area contributed by atoms with Crippen LogP contribution in [0.2, 0.25) is 0 Å². The lowest BCUT2D eigenvalue weighted by Crippen LogP contribution is -2.63. The van der Waals surface area contributed by atoms with Crippen molar-refractivity contribution in [2.45, 2.75) is 78.6 Å². The van der Waals surface area contributed by atoms with E-state index in [2.05, 4.69) is 27.4 Å². The van der Waals surface area contributed by atoms with E-state index in [9.17, 15) is 14.7 Å². The van der Waals surface area contributed by atoms with Crippen LogP contribution in [-0.4, -0.2) is 35.7 Å². The topological polar surface area (TPSA) is 98.9 Å². The summed E-state index contributed by atoms with van der Waals surface area (Å²) in [4.78, 5) is 26.6. The molecule has 0 amide bonds. The van der Waals surface area contributed by atoms with E-state index in [0.29, 0.717) is 25.1 Å². The molecule has 35 heavy (non-hydrogen) atoms. The van der Waals surface area contributed by atoms with Gasteiger partial charge >= 0.3 is 5.97 Å². The molecule has 0 aliphatic heterocycles. The molecule has 8 atom stereocenters. The van der Waals surface area contributed by atoms with Gasteiger partial charge in [-0.05, 0) is 60.6 Å². The van der Waals surface area contributed by atoms with E-state index in [0.717, 1.165) is 24.8 Å². The van der Waals surface area contributed by atoms with Crippen molar-refractivity contribution in [3.05, 3.63) is 42.5 Å². The molecular formula is C29H41NO5. The third-order valence-corrected chi connectivity index (χ3v) is 10.1. The van der Waals surface area contributed by atoms with Gasteiger partial charge < -0.3 is 20.3 Å². The molecule has 4 rings (SSSR count). The number of carbonyl (C=O) groups is 2. The van der Waals surface area contributed by atoms with E-state index in [1.165, 1.54) is 0 Å². The summed E-state index contributed by atoms with van der Waals surface area (Å²) >= 11 is 0.